The van der Waals surface area contributed by atoms with Crippen molar-refractivity contribution >= 4 is 70.2 Å². The van der Waals surface area contributed by atoms with E-state index in [-0.39, 0.29) is 0 Å². The van der Waals surface area contributed by atoms with Crippen LogP contribution in [0.2, 0.25) is 0 Å². The molecule has 0 spiro atoms. The first kappa shape index (κ1) is 51.3. The van der Waals surface area contributed by atoms with Crippen LogP contribution in [0.4, 0.5) is 0 Å². The molecular weight excluding hydrogens is 1070 g/mol. The van der Waals surface area contributed by atoms with Crippen LogP contribution in [-0.2, 0) is 25.7 Å². The topological polar surface area (TPSA) is 28.1 Å². The Kier molecular flexibility index (Phi) is 17.4. The summed E-state index contributed by atoms with van der Waals surface area (Å²) in [5, 5.41) is 0. The van der Waals surface area contributed by atoms with Gasteiger partial charge >= 0.3 is 0 Å². The van der Waals surface area contributed by atoms with Gasteiger partial charge in [0.15, 0.2) is 0 Å². The molecule has 72 heavy (non-hydrogen) atoms. The zero-order valence-corrected chi connectivity index (χ0v) is 47.0. The summed E-state index contributed by atoms with van der Waals surface area (Å²) in [6.45, 7) is 9.06. The molecule has 5 heteroatoms. The second-order valence-corrected chi connectivity index (χ2v) is 22.0. The van der Waals surface area contributed by atoms with Gasteiger partial charge in [-0.2, -0.15) is 0 Å². The first-order chi connectivity index (χ1) is 35.3. The van der Waals surface area contributed by atoms with Crippen LogP contribution in [0.15, 0.2) is 194 Å². The summed E-state index contributed by atoms with van der Waals surface area (Å²) in [5.74, 6) is 0. The predicted molar refractivity (Wildman–Crippen MR) is 320 cm³/mol. The molecule has 0 unspecified atom stereocenters. The third-order valence-corrected chi connectivity index (χ3v) is 15.6. The van der Waals surface area contributed by atoms with E-state index in [1.807, 2.05) is 0 Å². The number of hydrogen-bond donors (Lipinski definition) is 1. The van der Waals surface area contributed by atoms with Crippen LogP contribution >= 0.6 is 47.8 Å². The maximum atomic E-state index is 6.02. The number of aromatic nitrogens is 1. The van der Waals surface area contributed by atoms with E-state index in [4.69, 9.17) is 4.99 Å². The number of aromatic amines is 1. The summed E-state index contributed by atoms with van der Waals surface area (Å²) in [5.41, 5.74) is 22.9. The molecule has 0 atom stereocenters. The maximum Gasteiger partial charge on any atom is 0.0822 e. The highest BCUT2D eigenvalue weighted by Gasteiger charge is 2.34. The normalized spacial score (nSPS) is 13.2. The summed E-state index contributed by atoms with van der Waals surface area (Å²) in [7, 11) is 0. The fraction of sp³-hybridized carbons (Fsp3) is 0.239. The fourth-order valence-electron chi connectivity index (χ4n) is 10.0. The molecule has 1 aliphatic rings. The lowest BCUT2D eigenvalue weighted by atomic mass is 9.85. The van der Waals surface area contributed by atoms with Crippen molar-refractivity contribution < 1.29 is 0 Å². The van der Waals surface area contributed by atoms with E-state index in [1.165, 1.54) is 71.9 Å². The van der Waals surface area contributed by atoms with Gasteiger partial charge in [0.2, 0.25) is 0 Å². The summed E-state index contributed by atoms with van der Waals surface area (Å²) in [6, 6.07) is 63.7. The van der Waals surface area contributed by atoms with E-state index >= 15 is 0 Å². The molecule has 0 bridgehead atoms. The second-order valence-electron chi connectivity index (χ2n) is 19.3. The average Bonchev–Trinajstić information content (AvgIpc) is 4.00. The van der Waals surface area contributed by atoms with Crippen molar-refractivity contribution in [2.24, 2.45) is 4.99 Å². The number of unbranched alkanes of at least 4 members (excludes halogenated alkanes) is 4. The third kappa shape index (κ3) is 11.8. The molecule has 2 heterocycles. The molecule has 0 saturated heterocycles. The van der Waals surface area contributed by atoms with Gasteiger partial charge in [-0.15, -0.1) is 0 Å². The Hall–Kier alpha value is -5.59. The predicted octanol–water partition coefficient (Wildman–Crippen LogP) is 20.5. The van der Waals surface area contributed by atoms with Gasteiger partial charge in [-0.3, -0.25) is 0 Å². The number of H-pyrrole nitrogens is 1. The van der Waals surface area contributed by atoms with Gasteiger partial charge in [0, 0.05) is 46.8 Å². The van der Waals surface area contributed by atoms with E-state index in [9.17, 15) is 0 Å². The van der Waals surface area contributed by atoms with Gasteiger partial charge in [0.05, 0.1) is 22.8 Å². The number of hydrogen-bond acceptors (Lipinski definition) is 1. The lowest BCUT2D eigenvalue weighted by molar-refractivity contribution is 0.795. The van der Waals surface area contributed by atoms with Crippen LogP contribution in [0.5, 0.6) is 0 Å². The lowest BCUT2D eigenvalue weighted by Crippen LogP contribution is -2.03. The Bertz CT molecular complexity index is 3170. The Balaban J connectivity index is 1.42. The molecule has 9 rings (SSSR count). The number of benzene rings is 7. The number of halogens is 3. The van der Waals surface area contributed by atoms with E-state index in [1.54, 1.807) is 0 Å². The molecule has 0 radical (unpaired) electrons. The number of nitrogens with zero attached hydrogens (tertiary/aromatic N) is 1. The Labute approximate surface area is 454 Å². The van der Waals surface area contributed by atoms with Crippen LogP contribution in [0.1, 0.15) is 129 Å². The highest BCUT2D eigenvalue weighted by atomic mass is 79.9. The number of aliphatic imine (C=N–C) groups is 1. The molecular formula is C67H65Br3N2. The molecule has 7 aromatic carbocycles. The highest BCUT2D eigenvalue weighted by Crippen LogP contribution is 2.51. The molecule has 0 amide bonds. The van der Waals surface area contributed by atoms with Gasteiger partial charge in [-0.1, -0.05) is 235 Å². The first-order valence-corrected chi connectivity index (χ1v) is 28.6. The second kappa shape index (κ2) is 24.4. The molecule has 0 fully saturated rings. The average molecular weight is 1140 g/mol. The molecule has 0 aliphatic carbocycles. The number of aryl methyl sites for hydroxylation is 4. The molecule has 2 nitrogen and oxygen atoms in total. The highest BCUT2D eigenvalue weighted by molar-refractivity contribution is 9.11. The standard InChI is InChI=1S/C67H65Br3N2/c1-5-9-13-45-17-25-49(26-18-45)59-61(51-33-39-56(68)40-34-51)66(71-64(59)54-29-21-47(22-30-54)15-11-7-3)63(53-37-43-58(70)44-38-53)67-62(52-35-41-57(69)42-36-52)60(50-27-19-46(20-28-50)14-10-6-2)65(72-67)55-31-23-48(24-32-55)16-12-8-4/h17-44,71H,5-16H2,1-4H3/b67-63-. The van der Waals surface area contributed by atoms with E-state index < -0.39 is 0 Å². The van der Waals surface area contributed by atoms with Gasteiger partial charge in [-0.25, -0.2) is 4.99 Å². The minimum absolute atomic E-state index is 0.928. The van der Waals surface area contributed by atoms with Crippen molar-refractivity contribution in [3.05, 3.63) is 239 Å². The number of rotatable bonds is 20. The van der Waals surface area contributed by atoms with Crippen molar-refractivity contribution in [1.29, 1.82) is 0 Å². The zero-order chi connectivity index (χ0) is 50.0. The van der Waals surface area contributed by atoms with Gasteiger partial charge < -0.3 is 4.98 Å². The Morgan fingerprint density at radius 2 is 0.722 bits per heavy atom. The minimum atomic E-state index is 0.928. The number of allylic oxidation sites excluding steroid dienone is 2. The maximum absolute atomic E-state index is 6.02. The summed E-state index contributed by atoms with van der Waals surface area (Å²) >= 11 is 11.4. The monoisotopic (exact) mass is 1130 g/mol. The fourth-order valence-corrected chi connectivity index (χ4v) is 10.8. The molecule has 0 saturated carbocycles. The molecule has 1 aromatic heterocycles. The summed E-state index contributed by atoms with van der Waals surface area (Å²) in [4.78, 5) is 10.3. The van der Waals surface area contributed by atoms with Crippen molar-refractivity contribution in [1.82, 2.24) is 4.98 Å². The Morgan fingerprint density at radius 1 is 0.375 bits per heavy atom. The third-order valence-electron chi connectivity index (χ3n) is 14.1. The zero-order valence-electron chi connectivity index (χ0n) is 42.2. The first-order valence-electron chi connectivity index (χ1n) is 26.3. The van der Waals surface area contributed by atoms with Crippen LogP contribution < -0.4 is 0 Å². The smallest absolute Gasteiger partial charge is 0.0822 e. The quantitative estimate of drug-likeness (QED) is 0.0788. The van der Waals surface area contributed by atoms with Crippen LogP contribution in [0, 0.1) is 0 Å². The summed E-state index contributed by atoms with van der Waals surface area (Å²) in [6.07, 6.45) is 13.6. The number of nitrogens with one attached hydrogen (secondary N) is 1. The van der Waals surface area contributed by atoms with E-state index in [2.05, 4.69) is 250 Å². The van der Waals surface area contributed by atoms with Crippen molar-refractivity contribution in [2.45, 2.75) is 105 Å². The van der Waals surface area contributed by atoms with Crippen molar-refractivity contribution in [2.75, 3.05) is 0 Å². The van der Waals surface area contributed by atoms with Gasteiger partial charge in [0.1, 0.15) is 0 Å². The molecule has 1 aliphatic heterocycles. The van der Waals surface area contributed by atoms with Gasteiger partial charge in [-0.05, 0) is 143 Å². The SMILES string of the molecule is CCCCc1ccc(C2=N/C(=C(/c3ccc(Br)cc3)c3[nH]c(-c4ccc(CCCC)cc4)c(-c4ccc(CCCC)cc4)c3-c3ccc(Br)cc3)C(c3ccc(Br)cc3)=C2c2ccc(CCCC)cc2)cc1. The van der Waals surface area contributed by atoms with E-state index in [0.29, 0.717) is 0 Å². The van der Waals surface area contributed by atoms with Gasteiger partial charge in [0.25, 0.3) is 0 Å². The lowest BCUT2D eigenvalue weighted by Gasteiger charge is -2.17. The van der Waals surface area contributed by atoms with Crippen LogP contribution in [0.3, 0.4) is 0 Å². The minimum Gasteiger partial charge on any atom is -0.353 e. The molecule has 8 aromatic rings. The Morgan fingerprint density at radius 3 is 1.17 bits per heavy atom. The van der Waals surface area contributed by atoms with E-state index in [0.717, 1.165) is 130 Å². The van der Waals surface area contributed by atoms with Crippen LogP contribution in [-0.4, -0.2) is 10.7 Å². The molecule has 364 valence electrons. The largest absolute Gasteiger partial charge is 0.353 e. The summed E-state index contributed by atoms with van der Waals surface area (Å²) < 4.78 is 3.09. The molecule has 1 N–H and O–H groups in total. The van der Waals surface area contributed by atoms with Crippen molar-refractivity contribution in [3.63, 3.8) is 0 Å². The van der Waals surface area contributed by atoms with Crippen LogP contribution in [0.25, 0.3) is 50.2 Å². The van der Waals surface area contributed by atoms with Crippen molar-refractivity contribution in [3.8, 4) is 33.5 Å².